The van der Waals surface area contributed by atoms with E-state index in [1.807, 2.05) is 4.90 Å². The first-order valence-corrected chi connectivity index (χ1v) is 9.85. The Hall–Kier alpha value is -0.530. The predicted octanol–water partition coefficient (Wildman–Crippen LogP) is 3.78. The third-order valence-electron chi connectivity index (χ3n) is 4.43. The molecule has 0 radical (unpaired) electrons. The Morgan fingerprint density at radius 1 is 1.20 bits per heavy atom. The van der Waals surface area contributed by atoms with E-state index in [4.69, 9.17) is 0 Å². The number of guanidine groups is 1. The zero-order valence-electron chi connectivity index (χ0n) is 16.6. The molecule has 2 N–H and O–H groups in total. The molecule has 0 aromatic carbocycles. The van der Waals surface area contributed by atoms with Gasteiger partial charge in [0.05, 0.1) is 0 Å². The van der Waals surface area contributed by atoms with Gasteiger partial charge in [-0.3, -0.25) is 9.79 Å². The highest BCUT2D eigenvalue weighted by Crippen LogP contribution is 2.11. The monoisotopic (exact) mass is 466 g/mol. The maximum atomic E-state index is 12.0. The Kier molecular flexibility index (Phi) is 14.3. The van der Waals surface area contributed by atoms with Gasteiger partial charge in [-0.15, -0.1) is 24.0 Å². The number of rotatable bonds is 9. The molecular weight excluding hydrogens is 427 g/mol. The van der Waals surface area contributed by atoms with Crippen LogP contribution in [-0.4, -0.2) is 49.0 Å². The van der Waals surface area contributed by atoms with Crippen LogP contribution in [0.25, 0.3) is 0 Å². The first kappa shape index (κ1) is 24.5. The molecule has 1 unspecified atom stereocenters. The third kappa shape index (κ3) is 11.7. The van der Waals surface area contributed by atoms with Crippen LogP contribution in [0.2, 0.25) is 0 Å². The molecule has 1 amide bonds. The summed E-state index contributed by atoms with van der Waals surface area (Å²) >= 11 is 0. The van der Waals surface area contributed by atoms with Crippen LogP contribution in [0.3, 0.4) is 0 Å². The van der Waals surface area contributed by atoms with Gasteiger partial charge in [-0.2, -0.15) is 0 Å². The van der Waals surface area contributed by atoms with Crippen LogP contribution in [0.1, 0.15) is 72.6 Å². The first-order valence-electron chi connectivity index (χ1n) is 9.85. The van der Waals surface area contributed by atoms with Crippen LogP contribution >= 0.6 is 24.0 Å². The highest BCUT2D eigenvalue weighted by Gasteiger charge is 2.15. The van der Waals surface area contributed by atoms with Crippen molar-refractivity contribution in [3.05, 3.63) is 0 Å². The Bertz CT molecular complexity index is 388. The van der Waals surface area contributed by atoms with Gasteiger partial charge in [0.15, 0.2) is 5.96 Å². The van der Waals surface area contributed by atoms with Gasteiger partial charge in [0.2, 0.25) is 5.91 Å². The molecule has 1 aliphatic rings. The van der Waals surface area contributed by atoms with Gasteiger partial charge in [-0.05, 0) is 51.9 Å². The van der Waals surface area contributed by atoms with Crippen LogP contribution in [-0.2, 0) is 4.79 Å². The van der Waals surface area contributed by atoms with Crippen LogP contribution in [0.5, 0.6) is 0 Å². The Morgan fingerprint density at radius 2 is 1.96 bits per heavy atom. The molecule has 0 bridgehead atoms. The summed E-state index contributed by atoms with van der Waals surface area (Å²) in [6.45, 7) is 12.2. The van der Waals surface area contributed by atoms with E-state index in [9.17, 15) is 4.79 Å². The number of carbonyl (C=O) groups excluding carboxylic acids is 1. The lowest BCUT2D eigenvalue weighted by Crippen LogP contribution is -2.42. The van der Waals surface area contributed by atoms with Crippen molar-refractivity contribution in [3.8, 4) is 0 Å². The Labute approximate surface area is 171 Å². The molecule has 1 saturated heterocycles. The van der Waals surface area contributed by atoms with E-state index in [0.717, 1.165) is 70.2 Å². The largest absolute Gasteiger partial charge is 0.357 e. The lowest BCUT2D eigenvalue weighted by atomic mass is 10.0. The molecule has 1 rings (SSSR count). The lowest BCUT2D eigenvalue weighted by Gasteiger charge is -2.20. The van der Waals surface area contributed by atoms with Crippen LogP contribution in [0, 0.1) is 5.92 Å². The third-order valence-corrected chi connectivity index (χ3v) is 4.43. The number of likely N-dealkylation sites (tertiary alicyclic amines) is 1. The number of hydrogen-bond donors (Lipinski definition) is 2. The molecule has 1 fully saturated rings. The maximum absolute atomic E-state index is 12.0. The van der Waals surface area contributed by atoms with E-state index < -0.39 is 0 Å². The molecule has 6 heteroatoms. The van der Waals surface area contributed by atoms with Gasteiger partial charge >= 0.3 is 0 Å². The number of hydrogen-bond acceptors (Lipinski definition) is 2. The van der Waals surface area contributed by atoms with Gasteiger partial charge < -0.3 is 15.5 Å². The highest BCUT2D eigenvalue weighted by atomic mass is 127. The van der Waals surface area contributed by atoms with Crippen LogP contribution in [0.15, 0.2) is 4.99 Å². The van der Waals surface area contributed by atoms with Crippen LogP contribution < -0.4 is 10.6 Å². The summed E-state index contributed by atoms with van der Waals surface area (Å²) < 4.78 is 0. The molecule has 0 aliphatic carbocycles. The first-order chi connectivity index (χ1) is 11.5. The van der Waals surface area contributed by atoms with Crippen molar-refractivity contribution in [3.63, 3.8) is 0 Å². The zero-order valence-corrected chi connectivity index (χ0v) is 19.0. The number of nitrogens with zero attached hydrogens (tertiary/aromatic N) is 2. The normalized spacial score (nSPS) is 17.1. The molecule has 1 aliphatic heterocycles. The summed E-state index contributed by atoms with van der Waals surface area (Å²) in [4.78, 5) is 18.7. The van der Waals surface area contributed by atoms with E-state index in [1.54, 1.807) is 0 Å². The van der Waals surface area contributed by atoms with Gasteiger partial charge in [0.25, 0.3) is 0 Å². The molecule has 5 nitrogen and oxygen atoms in total. The molecule has 1 heterocycles. The summed E-state index contributed by atoms with van der Waals surface area (Å²) in [5.74, 6) is 1.96. The van der Waals surface area contributed by atoms with Crippen molar-refractivity contribution in [1.82, 2.24) is 15.5 Å². The van der Waals surface area contributed by atoms with Gasteiger partial charge in [-0.1, -0.05) is 20.3 Å². The van der Waals surface area contributed by atoms with Crippen molar-refractivity contribution in [2.45, 2.75) is 78.7 Å². The topological polar surface area (TPSA) is 56.7 Å². The van der Waals surface area contributed by atoms with E-state index in [1.165, 1.54) is 12.8 Å². The molecule has 1 atom stereocenters. The second kappa shape index (κ2) is 14.6. The zero-order chi connectivity index (χ0) is 17.8. The number of halogens is 1. The number of amides is 1. The second-order valence-corrected chi connectivity index (χ2v) is 7.32. The smallest absolute Gasteiger partial charge is 0.222 e. The Balaban J connectivity index is 0.00000576. The quantitative estimate of drug-likeness (QED) is 0.235. The van der Waals surface area contributed by atoms with Crippen molar-refractivity contribution in [2.75, 3.05) is 26.2 Å². The van der Waals surface area contributed by atoms with Gasteiger partial charge in [-0.25, -0.2) is 0 Å². The average molecular weight is 466 g/mol. The molecule has 0 aromatic heterocycles. The average Bonchev–Trinajstić information content (AvgIpc) is 2.74. The van der Waals surface area contributed by atoms with Gasteiger partial charge in [0, 0.05) is 38.6 Å². The summed E-state index contributed by atoms with van der Waals surface area (Å²) in [5.41, 5.74) is 0. The second-order valence-electron chi connectivity index (χ2n) is 7.32. The number of carbonyl (C=O) groups is 1. The van der Waals surface area contributed by atoms with E-state index in [2.05, 4.69) is 43.3 Å². The maximum Gasteiger partial charge on any atom is 0.222 e. The fourth-order valence-electron chi connectivity index (χ4n) is 2.94. The van der Waals surface area contributed by atoms with E-state index >= 15 is 0 Å². The fraction of sp³-hybridized carbons (Fsp3) is 0.895. The summed E-state index contributed by atoms with van der Waals surface area (Å²) in [5, 5.41) is 6.81. The minimum atomic E-state index is 0. The van der Waals surface area contributed by atoms with Crippen molar-refractivity contribution in [2.24, 2.45) is 10.9 Å². The van der Waals surface area contributed by atoms with Gasteiger partial charge in [0.1, 0.15) is 0 Å². The molecule has 25 heavy (non-hydrogen) atoms. The number of aliphatic imine (C=N–C) groups is 1. The fourth-order valence-corrected chi connectivity index (χ4v) is 2.94. The van der Waals surface area contributed by atoms with Crippen molar-refractivity contribution in [1.29, 1.82) is 0 Å². The molecular formula is C19H39IN4O. The molecule has 0 spiro atoms. The SMILES string of the molecule is CCNC(=NCCCN1CCCCCC1=O)NC(C)CCC(C)C.I. The summed E-state index contributed by atoms with van der Waals surface area (Å²) in [6, 6.07) is 0.428. The van der Waals surface area contributed by atoms with Crippen molar-refractivity contribution >= 4 is 35.8 Å². The van der Waals surface area contributed by atoms with E-state index in [0.29, 0.717) is 11.9 Å². The minimum absolute atomic E-state index is 0. The van der Waals surface area contributed by atoms with Crippen molar-refractivity contribution < 1.29 is 4.79 Å². The predicted molar refractivity (Wildman–Crippen MR) is 118 cm³/mol. The lowest BCUT2D eigenvalue weighted by molar-refractivity contribution is -0.130. The highest BCUT2D eigenvalue weighted by molar-refractivity contribution is 14.0. The molecule has 0 aromatic rings. The summed E-state index contributed by atoms with van der Waals surface area (Å²) in [6.07, 6.45) is 7.42. The Morgan fingerprint density at radius 3 is 2.64 bits per heavy atom. The summed E-state index contributed by atoms with van der Waals surface area (Å²) in [7, 11) is 0. The number of nitrogens with one attached hydrogen (secondary N) is 2. The minimum Gasteiger partial charge on any atom is -0.357 e. The molecule has 0 saturated carbocycles. The molecule has 148 valence electrons. The van der Waals surface area contributed by atoms with Crippen LogP contribution in [0.4, 0.5) is 0 Å². The van der Waals surface area contributed by atoms with E-state index in [-0.39, 0.29) is 24.0 Å². The standard InChI is InChI=1S/C19H38N4O.HI/c1-5-20-19(22-17(4)12-11-16(2)3)21-13-9-15-23-14-8-6-7-10-18(23)24;/h16-17H,5-15H2,1-4H3,(H2,20,21,22);1H.